The summed E-state index contributed by atoms with van der Waals surface area (Å²) in [6.07, 6.45) is -2.71. The standard InChI is InChI=1S/C31H36O7/c1-34-22-38-27-17-26(18-32)28(33)30(36-20-24-13-7-3-8-14-24)31(37-21-25-15-9-4-10-16-25)29(27)35-19-23-11-5-2-6-12-23/h2-16,26-27,29-32H,17-22H2,1H3/t26-,27+,29+,30-,31-/m0/s1. The number of methoxy groups -OCH3 is 1. The van der Waals surface area contributed by atoms with Crippen molar-refractivity contribution in [1.29, 1.82) is 0 Å². The van der Waals surface area contributed by atoms with E-state index in [-0.39, 0.29) is 38.8 Å². The minimum atomic E-state index is -0.965. The highest BCUT2D eigenvalue weighted by Gasteiger charge is 2.48. The Labute approximate surface area is 224 Å². The Bertz CT molecular complexity index is 1080. The van der Waals surface area contributed by atoms with Gasteiger partial charge in [-0.3, -0.25) is 4.79 Å². The van der Waals surface area contributed by atoms with Crippen LogP contribution in [0.3, 0.4) is 0 Å². The van der Waals surface area contributed by atoms with Crippen LogP contribution in [0.4, 0.5) is 0 Å². The van der Waals surface area contributed by atoms with Crippen LogP contribution in [0.15, 0.2) is 91.0 Å². The Morgan fingerprint density at radius 1 is 0.684 bits per heavy atom. The van der Waals surface area contributed by atoms with E-state index in [4.69, 9.17) is 23.7 Å². The molecule has 4 rings (SSSR count). The lowest BCUT2D eigenvalue weighted by Crippen LogP contribution is -2.49. The Hall–Kier alpha value is -2.91. The molecule has 3 aromatic rings. The van der Waals surface area contributed by atoms with E-state index in [0.717, 1.165) is 16.7 Å². The first kappa shape index (κ1) is 28.1. The van der Waals surface area contributed by atoms with Gasteiger partial charge in [0.15, 0.2) is 5.78 Å². The molecule has 3 aromatic carbocycles. The van der Waals surface area contributed by atoms with Gasteiger partial charge in [0.1, 0.15) is 25.1 Å². The molecule has 1 saturated carbocycles. The fourth-order valence-corrected chi connectivity index (χ4v) is 4.65. The molecular formula is C31H36O7. The van der Waals surface area contributed by atoms with E-state index >= 15 is 0 Å². The van der Waals surface area contributed by atoms with Crippen LogP contribution in [0.5, 0.6) is 0 Å². The first-order valence-electron chi connectivity index (χ1n) is 12.9. The second kappa shape index (κ2) is 14.9. The molecule has 202 valence electrons. The van der Waals surface area contributed by atoms with Gasteiger partial charge in [-0.2, -0.15) is 0 Å². The number of rotatable bonds is 13. The molecule has 38 heavy (non-hydrogen) atoms. The Balaban J connectivity index is 1.66. The van der Waals surface area contributed by atoms with Crippen LogP contribution in [0, 0.1) is 5.92 Å². The van der Waals surface area contributed by atoms with Gasteiger partial charge in [0, 0.05) is 13.0 Å². The predicted octanol–water partition coefficient (Wildman–Crippen LogP) is 4.31. The SMILES string of the molecule is COCO[C@@H]1C[C@@H](CO)C(=O)[C@H](OCc2ccccc2)[C@@H](OCc2ccccc2)[C@@H]1OCc1ccccc1. The summed E-state index contributed by atoms with van der Waals surface area (Å²) in [5.41, 5.74) is 2.87. The molecule has 0 aromatic heterocycles. The van der Waals surface area contributed by atoms with Gasteiger partial charge in [-0.05, 0) is 23.1 Å². The molecule has 0 bridgehead atoms. The smallest absolute Gasteiger partial charge is 0.169 e. The van der Waals surface area contributed by atoms with Crippen LogP contribution in [0.1, 0.15) is 23.1 Å². The van der Waals surface area contributed by atoms with Gasteiger partial charge in [0.25, 0.3) is 0 Å². The summed E-state index contributed by atoms with van der Waals surface area (Å²) in [5.74, 6) is -0.913. The number of carbonyl (C=O) groups excluding carboxylic acids is 1. The van der Waals surface area contributed by atoms with Gasteiger partial charge < -0.3 is 28.8 Å². The van der Waals surface area contributed by atoms with Crippen molar-refractivity contribution in [3.8, 4) is 0 Å². The molecule has 1 fully saturated rings. The predicted molar refractivity (Wildman–Crippen MR) is 142 cm³/mol. The average molecular weight is 521 g/mol. The Kier molecular flexibility index (Phi) is 11.0. The number of aliphatic hydroxyl groups excluding tert-OH is 1. The number of hydrogen-bond acceptors (Lipinski definition) is 7. The number of carbonyl (C=O) groups is 1. The highest BCUT2D eigenvalue weighted by molar-refractivity contribution is 5.86. The zero-order chi connectivity index (χ0) is 26.6. The molecular weight excluding hydrogens is 484 g/mol. The molecule has 7 nitrogen and oxygen atoms in total. The van der Waals surface area contributed by atoms with Crippen molar-refractivity contribution < 1.29 is 33.6 Å². The maximum absolute atomic E-state index is 13.8. The van der Waals surface area contributed by atoms with E-state index in [2.05, 4.69) is 0 Å². The van der Waals surface area contributed by atoms with Crippen LogP contribution in [0.2, 0.25) is 0 Å². The second-order valence-corrected chi connectivity index (χ2v) is 9.37. The summed E-state index contributed by atoms with van der Waals surface area (Å²) in [5, 5.41) is 10.2. The summed E-state index contributed by atoms with van der Waals surface area (Å²) < 4.78 is 30.4. The van der Waals surface area contributed by atoms with Crippen LogP contribution in [0.25, 0.3) is 0 Å². The molecule has 0 saturated heterocycles. The third-order valence-electron chi connectivity index (χ3n) is 6.65. The number of benzene rings is 3. The number of aliphatic hydroxyl groups is 1. The van der Waals surface area contributed by atoms with Crippen molar-refractivity contribution in [2.75, 3.05) is 20.5 Å². The maximum Gasteiger partial charge on any atom is 0.169 e. The fourth-order valence-electron chi connectivity index (χ4n) is 4.65. The van der Waals surface area contributed by atoms with Gasteiger partial charge in [0.2, 0.25) is 0 Å². The second-order valence-electron chi connectivity index (χ2n) is 9.37. The van der Waals surface area contributed by atoms with Crippen LogP contribution >= 0.6 is 0 Å². The van der Waals surface area contributed by atoms with Gasteiger partial charge in [-0.15, -0.1) is 0 Å². The summed E-state index contributed by atoms with van der Waals surface area (Å²) >= 11 is 0. The number of Topliss-reactive ketones (excluding diaryl/α,β-unsaturated/α-hetero) is 1. The minimum Gasteiger partial charge on any atom is -0.396 e. The zero-order valence-corrected chi connectivity index (χ0v) is 21.7. The topological polar surface area (TPSA) is 83.5 Å². The van der Waals surface area contributed by atoms with E-state index in [1.165, 1.54) is 0 Å². The summed E-state index contributed by atoms with van der Waals surface area (Å²) in [7, 11) is 1.54. The first-order chi connectivity index (χ1) is 18.7. The lowest BCUT2D eigenvalue weighted by molar-refractivity contribution is -0.196. The summed E-state index contributed by atoms with van der Waals surface area (Å²) in [6, 6.07) is 29.2. The first-order valence-corrected chi connectivity index (χ1v) is 12.9. The average Bonchev–Trinajstić information content (AvgIpc) is 3.07. The fraction of sp³-hybridized carbons (Fsp3) is 0.387. The minimum absolute atomic E-state index is 0.0170. The maximum atomic E-state index is 13.8. The number of hydrogen-bond donors (Lipinski definition) is 1. The van der Waals surface area contributed by atoms with Crippen molar-refractivity contribution in [1.82, 2.24) is 0 Å². The lowest BCUT2D eigenvalue weighted by Gasteiger charge is -2.34. The third kappa shape index (κ3) is 7.80. The molecule has 5 atom stereocenters. The normalized spacial score (nSPS) is 23.7. The molecule has 1 aliphatic rings. The Morgan fingerprint density at radius 3 is 1.63 bits per heavy atom. The highest BCUT2D eigenvalue weighted by atomic mass is 16.7. The van der Waals surface area contributed by atoms with Crippen molar-refractivity contribution in [2.24, 2.45) is 5.92 Å². The molecule has 0 aliphatic heterocycles. The summed E-state index contributed by atoms with van der Waals surface area (Å²) in [4.78, 5) is 13.8. The van der Waals surface area contributed by atoms with Gasteiger partial charge in [-0.25, -0.2) is 0 Å². The molecule has 0 radical (unpaired) electrons. The van der Waals surface area contributed by atoms with Gasteiger partial charge in [0.05, 0.1) is 32.5 Å². The van der Waals surface area contributed by atoms with E-state index in [9.17, 15) is 9.90 Å². The van der Waals surface area contributed by atoms with E-state index < -0.39 is 30.3 Å². The van der Waals surface area contributed by atoms with Crippen LogP contribution in [-0.4, -0.2) is 55.8 Å². The van der Waals surface area contributed by atoms with Crippen LogP contribution < -0.4 is 0 Å². The monoisotopic (exact) mass is 520 g/mol. The van der Waals surface area contributed by atoms with E-state index in [1.54, 1.807) is 7.11 Å². The molecule has 1 aliphatic carbocycles. The van der Waals surface area contributed by atoms with E-state index in [0.29, 0.717) is 6.61 Å². The van der Waals surface area contributed by atoms with Crippen molar-refractivity contribution in [3.63, 3.8) is 0 Å². The van der Waals surface area contributed by atoms with Crippen LogP contribution in [-0.2, 0) is 48.3 Å². The van der Waals surface area contributed by atoms with Gasteiger partial charge >= 0.3 is 0 Å². The number of ether oxygens (including phenoxy) is 5. The third-order valence-corrected chi connectivity index (χ3v) is 6.65. The number of ketones is 1. The van der Waals surface area contributed by atoms with Crippen molar-refractivity contribution in [3.05, 3.63) is 108 Å². The molecule has 0 spiro atoms. The Morgan fingerprint density at radius 2 is 1.16 bits per heavy atom. The highest BCUT2D eigenvalue weighted by Crippen LogP contribution is 2.31. The molecule has 0 heterocycles. The van der Waals surface area contributed by atoms with Gasteiger partial charge in [-0.1, -0.05) is 91.0 Å². The molecule has 7 heteroatoms. The molecule has 0 amide bonds. The molecule has 0 unspecified atom stereocenters. The molecule has 1 N–H and O–H groups in total. The van der Waals surface area contributed by atoms with Crippen molar-refractivity contribution in [2.45, 2.75) is 50.7 Å². The summed E-state index contributed by atoms with van der Waals surface area (Å²) in [6.45, 7) is 0.468. The quantitative estimate of drug-likeness (QED) is 0.266. The largest absolute Gasteiger partial charge is 0.396 e. The van der Waals surface area contributed by atoms with E-state index in [1.807, 2.05) is 91.0 Å². The zero-order valence-electron chi connectivity index (χ0n) is 21.7. The van der Waals surface area contributed by atoms with Crippen molar-refractivity contribution >= 4 is 5.78 Å². The lowest BCUT2D eigenvalue weighted by atomic mass is 9.97.